The number of allylic oxidation sites excluding steroid dienone is 2. The van der Waals surface area contributed by atoms with Gasteiger partial charge in [-0.05, 0) is 43.4 Å². The average Bonchev–Trinajstić information content (AvgIpc) is 2.84. The van der Waals surface area contributed by atoms with Crippen LogP contribution in [-0.2, 0) is 9.59 Å². The molecule has 0 unspecified atom stereocenters. The number of amides is 1. The Labute approximate surface area is 139 Å². The molecule has 1 aliphatic carbocycles. The zero-order valence-electron chi connectivity index (χ0n) is 14.5. The third-order valence-electron chi connectivity index (χ3n) is 4.99. The standard InChI is InChI=1S/C18H31NO4/c1-4-6-7-8-14-13(9-10-15(14)20)11-16(21)19-17(18(22)23)12(3)5-2/h6-7,12-15,17,20H,4-5,8-11H2,1-3H3,(H,19,21)(H,22,23)/b7-6-/t12-,13+,14-,15-,17-/m0/s1. The van der Waals surface area contributed by atoms with Gasteiger partial charge in [-0.25, -0.2) is 4.79 Å². The van der Waals surface area contributed by atoms with Gasteiger partial charge in [0.2, 0.25) is 5.91 Å². The van der Waals surface area contributed by atoms with Gasteiger partial charge in [0.25, 0.3) is 0 Å². The monoisotopic (exact) mass is 325 g/mol. The first-order valence-electron chi connectivity index (χ1n) is 8.75. The largest absolute Gasteiger partial charge is 0.480 e. The lowest BCUT2D eigenvalue weighted by atomic mass is 9.88. The van der Waals surface area contributed by atoms with Gasteiger partial charge in [-0.15, -0.1) is 0 Å². The number of nitrogens with one attached hydrogen (secondary N) is 1. The summed E-state index contributed by atoms with van der Waals surface area (Å²) in [5, 5.41) is 22.0. The van der Waals surface area contributed by atoms with Gasteiger partial charge in [-0.1, -0.05) is 39.3 Å². The number of carboxylic acids is 1. The van der Waals surface area contributed by atoms with Crippen LogP contribution in [0.15, 0.2) is 12.2 Å². The first-order valence-corrected chi connectivity index (χ1v) is 8.75. The van der Waals surface area contributed by atoms with E-state index in [4.69, 9.17) is 0 Å². The van der Waals surface area contributed by atoms with Crippen LogP contribution in [0.4, 0.5) is 0 Å². The Balaban J connectivity index is 2.60. The van der Waals surface area contributed by atoms with Crippen LogP contribution in [0.3, 0.4) is 0 Å². The first kappa shape index (κ1) is 19.7. The van der Waals surface area contributed by atoms with E-state index in [0.717, 1.165) is 25.7 Å². The van der Waals surface area contributed by atoms with Crippen molar-refractivity contribution < 1.29 is 19.8 Å². The minimum Gasteiger partial charge on any atom is -0.480 e. The van der Waals surface area contributed by atoms with Crippen molar-refractivity contribution in [3.8, 4) is 0 Å². The molecule has 5 heteroatoms. The van der Waals surface area contributed by atoms with E-state index in [0.29, 0.717) is 12.8 Å². The van der Waals surface area contributed by atoms with Crippen LogP contribution in [-0.4, -0.2) is 34.2 Å². The second kappa shape index (κ2) is 9.71. The predicted octanol–water partition coefficient (Wildman–Crippen LogP) is 2.74. The van der Waals surface area contributed by atoms with Gasteiger partial charge in [0.15, 0.2) is 0 Å². The third-order valence-corrected chi connectivity index (χ3v) is 4.99. The van der Waals surface area contributed by atoms with Gasteiger partial charge in [0.1, 0.15) is 6.04 Å². The molecule has 0 aromatic rings. The van der Waals surface area contributed by atoms with Crippen molar-refractivity contribution in [1.82, 2.24) is 5.32 Å². The Morgan fingerprint density at radius 3 is 2.52 bits per heavy atom. The highest BCUT2D eigenvalue weighted by molar-refractivity contribution is 5.83. The summed E-state index contributed by atoms with van der Waals surface area (Å²) in [4.78, 5) is 23.5. The normalized spacial score (nSPS) is 27.0. The quantitative estimate of drug-likeness (QED) is 0.569. The Hall–Kier alpha value is -1.36. The van der Waals surface area contributed by atoms with E-state index in [-0.39, 0.29) is 29.8 Å². The van der Waals surface area contributed by atoms with Crippen molar-refractivity contribution in [2.75, 3.05) is 0 Å². The van der Waals surface area contributed by atoms with Crippen LogP contribution in [0.2, 0.25) is 0 Å². The van der Waals surface area contributed by atoms with Crippen LogP contribution >= 0.6 is 0 Å². The highest BCUT2D eigenvalue weighted by atomic mass is 16.4. The molecule has 1 saturated carbocycles. The number of carbonyl (C=O) groups excluding carboxylic acids is 1. The second-order valence-corrected chi connectivity index (χ2v) is 6.66. The first-order chi connectivity index (χ1) is 10.9. The molecule has 0 bridgehead atoms. The summed E-state index contributed by atoms with van der Waals surface area (Å²) in [5.41, 5.74) is 0. The molecule has 23 heavy (non-hydrogen) atoms. The van der Waals surface area contributed by atoms with Gasteiger partial charge < -0.3 is 15.5 Å². The maximum absolute atomic E-state index is 12.2. The number of hydrogen-bond acceptors (Lipinski definition) is 3. The fraction of sp³-hybridized carbons (Fsp3) is 0.778. The van der Waals surface area contributed by atoms with Crippen molar-refractivity contribution in [2.24, 2.45) is 17.8 Å². The van der Waals surface area contributed by atoms with Gasteiger partial charge in [0, 0.05) is 6.42 Å². The zero-order valence-corrected chi connectivity index (χ0v) is 14.5. The van der Waals surface area contributed by atoms with Gasteiger partial charge in [-0.3, -0.25) is 4.79 Å². The molecule has 0 radical (unpaired) electrons. The highest BCUT2D eigenvalue weighted by Gasteiger charge is 2.36. The molecule has 0 aromatic carbocycles. The summed E-state index contributed by atoms with van der Waals surface area (Å²) < 4.78 is 0. The van der Waals surface area contributed by atoms with E-state index in [1.165, 1.54) is 0 Å². The molecule has 132 valence electrons. The second-order valence-electron chi connectivity index (χ2n) is 6.66. The predicted molar refractivity (Wildman–Crippen MR) is 89.9 cm³/mol. The fourth-order valence-electron chi connectivity index (χ4n) is 3.30. The van der Waals surface area contributed by atoms with Crippen molar-refractivity contribution in [3.63, 3.8) is 0 Å². The molecule has 0 aliphatic heterocycles. The van der Waals surface area contributed by atoms with Crippen LogP contribution < -0.4 is 5.32 Å². The number of hydrogen-bond donors (Lipinski definition) is 3. The van der Waals surface area contributed by atoms with E-state index in [1.807, 2.05) is 13.8 Å². The minimum atomic E-state index is -0.985. The van der Waals surface area contributed by atoms with Gasteiger partial charge in [-0.2, -0.15) is 0 Å². The van der Waals surface area contributed by atoms with E-state index < -0.39 is 12.0 Å². The maximum atomic E-state index is 12.2. The molecule has 0 heterocycles. The van der Waals surface area contributed by atoms with Crippen molar-refractivity contribution in [2.45, 2.75) is 71.4 Å². The SMILES string of the molecule is CC/C=C\C[C@H]1[C@@H](CC(=O)N[C@H](C(=O)O)[C@@H](C)CC)CC[C@@H]1O. The molecule has 1 aliphatic rings. The van der Waals surface area contributed by atoms with E-state index in [2.05, 4.69) is 24.4 Å². The Morgan fingerprint density at radius 1 is 1.26 bits per heavy atom. The summed E-state index contributed by atoms with van der Waals surface area (Å²) in [6, 6.07) is -0.836. The molecule has 0 saturated heterocycles. The molecular formula is C18H31NO4. The molecule has 5 atom stereocenters. The number of aliphatic hydroxyl groups excluding tert-OH is 1. The van der Waals surface area contributed by atoms with Gasteiger partial charge in [0.05, 0.1) is 6.10 Å². The third kappa shape index (κ3) is 5.98. The zero-order chi connectivity index (χ0) is 17.4. The van der Waals surface area contributed by atoms with Crippen molar-refractivity contribution in [3.05, 3.63) is 12.2 Å². The minimum absolute atomic E-state index is 0.0930. The number of carbonyl (C=O) groups is 2. The smallest absolute Gasteiger partial charge is 0.326 e. The summed E-state index contributed by atoms with van der Waals surface area (Å²) in [7, 11) is 0. The molecular weight excluding hydrogens is 294 g/mol. The van der Waals surface area contributed by atoms with Crippen LogP contribution in [0.25, 0.3) is 0 Å². The molecule has 1 amide bonds. The number of carboxylic acid groups (broad SMARTS) is 1. The van der Waals surface area contributed by atoms with E-state index in [1.54, 1.807) is 0 Å². The van der Waals surface area contributed by atoms with E-state index >= 15 is 0 Å². The van der Waals surface area contributed by atoms with Gasteiger partial charge >= 0.3 is 5.97 Å². The summed E-state index contributed by atoms with van der Waals surface area (Å²) in [6.45, 7) is 5.81. The maximum Gasteiger partial charge on any atom is 0.326 e. The van der Waals surface area contributed by atoms with Crippen LogP contribution in [0.1, 0.15) is 59.3 Å². The molecule has 1 rings (SSSR count). The average molecular weight is 325 g/mol. The highest BCUT2D eigenvalue weighted by Crippen LogP contribution is 2.37. The summed E-state index contributed by atoms with van der Waals surface area (Å²) >= 11 is 0. The molecule has 1 fully saturated rings. The molecule has 0 aromatic heterocycles. The number of rotatable bonds is 9. The Bertz CT molecular complexity index is 421. The Morgan fingerprint density at radius 2 is 1.96 bits per heavy atom. The lowest BCUT2D eigenvalue weighted by Gasteiger charge is -2.23. The van der Waals surface area contributed by atoms with Crippen molar-refractivity contribution >= 4 is 11.9 Å². The molecule has 3 N–H and O–H groups in total. The summed E-state index contributed by atoms with van der Waals surface area (Å²) in [6.07, 6.45) is 8.06. The van der Waals surface area contributed by atoms with Crippen molar-refractivity contribution in [1.29, 1.82) is 0 Å². The van der Waals surface area contributed by atoms with E-state index in [9.17, 15) is 19.8 Å². The summed E-state index contributed by atoms with van der Waals surface area (Å²) in [5.74, 6) is -1.09. The molecule has 0 spiro atoms. The number of aliphatic carboxylic acids is 1. The lowest BCUT2D eigenvalue weighted by molar-refractivity contribution is -0.143. The lowest BCUT2D eigenvalue weighted by Crippen LogP contribution is -2.45. The molecule has 5 nitrogen and oxygen atoms in total. The van der Waals surface area contributed by atoms with Crippen LogP contribution in [0, 0.1) is 17.8 Å². The number of aliphatic hydroxyl groups is 1. The Kier molecular flexibility index (Phi) is 8.31. The topological polar surface area (TPSA) is 86.6 Å². The fourth-order valence-corrected chi connectivity index (χ4v) is 3.30. The van der Waals surface area contributed by atoms with Crippen LogP contribution in [0.5, 0.6) is 0 Å².